The first-order chi connectivity index (χ1) is 17.6. The van der Waals surface area contributed by atoms with E-state index < -0.39 is 47.2 Å². The molecule has 9 nitrogen and oxygen atoms in total. The molecule has 0 spiro atoms. The van der Waals surface area contributed by atoms with Gasteiger partial charge in [-0.3, -0.25) is 14.4 Å². The summed E-state index contributed by atoms with van der Waals surface area (Å²) >= 11 is 6.25. The SMILES string of the molecule is COc1ccc(CC2NC(=O)/C=C\CCOC(=O)C(CC(C)(C)C)NC(=O)C(C)(C)C(C)NC2=O)cc1Cl. The van der Waals surface area contributed by atoms with Crippen molar-refractivity contribution in [1.82, 2.24) is 16.0 Å². The molecule has 1 aliphatic rings. The van der Waals surface area contributed by atoms with Gasteiger partial charge in [0.1, 0.15) is 17.8 Å². The van der Waals surface area contributed by atoms with Crippen LogP contribution in [0.3, 0.4) is 0 Å². The van der Waals surface area contributed by atoms with Crippen molar-refractivity contribution in [3.8, 4) is 5.75 Å². The van der Waals surface area contributed by atoms with E-state index in [4.69, 9.17) is 21.1 Å². The fourth-order valence-electron chi connectivity index (χ4n) is 3.86. The van der Waals surface area contributed by atoms with Gasteiger partial charge in [-0.1, -0.05) is 44.5 Å². The lowest BCUT2D eigenvalue weighted by Gasteiger charge is -2.34. The molecule has 0 fully saturated rings. The average Bonchev–Trinajstić information content (AvgIpc) is 2.81. The summed E-state index contributed by atoms with van der Waals surface area (Å²) in [5.74, 6) is -1.37. The molecule has 1 aromatic carbocycles. The van der Waals surface area contributed by atoms with E-state index in [1.807, 2.05) is 20.8 Å². The van der Waals surface area contributed by atoms with Crippen molar-refractivity contribution < 1.29 is 28.7 Å². The summed E-state index contributed by atoms with van der Waals surface area (Å²) in [4.78, 5) is 52.1. The Morgan fingerprint density at radius 2 is 1.76 bits per heavy atom. The van der Waals surface area contributed by atoms with Crippen molar-refractivity contribution in [2.75, 3.05) is 13.7 Å². The maximum absolute atomic E-state index is 13.4. The minimum Gasteiger partial charge on any atom is -0.495 e. The van der Waals surface area contributed by atoms with Gasteiger partial charge in [0.2, 0.25) is 17.7 Å². The largest absolute Gasteiger partial charge is 0.495 e. The molecule has 0 bridgehead atoms. The van der Waals surface area contributed by atoms with Gasteiger partial charge in [-0.25, -0.2) is 4.79 Å². The van der Waals surface area contributed by atoms with Gasteiger partial charge in [-0.15, -0.1) is 0 Å². The van der Waals surface area contributed by atoms with Crippen molar-refractivity contribution in [1.29, 1.82) is 0 Å². The topological polar surface area (TPSA) is 123 Å². The van der Waals surface area contributed by atoms with E-state index in [2.05, 4.69) is 16.0 Å². The molecule has 0 saturated heterocycles. The molecule has 3 amide bonds. The minimum atomic E-state index is -1.08. The molecule has 1 aliphatic heterocycles. The Bertz CT molecular complexity index is 1060. The van der Waals surface area contributed by atoms with Crippen LogP contribution in [-0.2, 0) is 30.3 Å². The highest BCUT2D eigenvalue weighted by atomic mass is 35.5. The highest BCUT2D eigenvalue weighted by molar-refractivity contribution is 6.32. The Balaban J connectivity index is 2.35. The van der Waals surface area contributed by atoms with E-state index in [1.54, 1.807) is 45.0 Å². The number of esters is 1. The summed E-state index contributed by atoms with van der Waals surface area (Å²) in [5, 5.41) is 8.82. The number of rotatable bonds is 4. The van der Waals surface area contributed by atoms with E-state index in [1.165, 1.54) is 13.2 Å². The minimum absolute atomic E-state index is 0.0488. The lowest BCUT2D eigenvalue weighted by Crippen LogP contribution is -2.58. The molecule has 0 saturated carbocycles. The Labute approximate surface area is 230 Å². The molecule has 0 radical (unpaired) electrons. The maximum Gasteiger partial charge on any atom is 0.328 e. The van der Waals surface area contributed by atoms with E-state index in [0.29, 0.717) is 23.6 Å². The second-order valence-corrected chi connectivity index (χ2v) is 11.7. The van der Waals surface area contributed by atoms with Crippen LogP contribution in [0, 0.1) is 10.8 Å². The zero-order valence-corrected chi connectivity index (χ0v) is 24.0. The highest BCUT2D eigenvalue weighted by Gasteiger charge is 2.39. The number of nitrogens with one attached hydrogen (secondary N) is 3. The van der Waals surface area contributed by atoms with Gasteiger partial charge < -0.3 is 25.4 Å². The zero-order valence-electron chi connectivity index (χ0n) is 23.3. The van der Waals surface area contributed by atoms with Crippen LogP contribution >= 0.6 is 11.6 Å². The first-order valence-corrected chi connectivity index (χ1v) is 13.1. The predicted molar refractivity (Wildman–Crippen MR) is 146 cm³/mol. The van der Waals surface area contributed by atoms with Crippen molar-refractivity contribution in [3.63, 3.8) is 0 Å². The first kappa shape index (κ1) is 31.1. The molecule has 3 N–H and O–H groups in total. The van der Waals surface area contributed by atoms with Crippen LogP contribution in [0.4, 0.5) is 0 Å². The molecule has 38 heavy (non-hydrogen) atoms. The van der Waals surface area contributed by atoms with Crippen molar-refractivity contribution >= 4 is 35.3 Å². The third kappa shape index (κ3) is 9.04. The Morgan fingerprint density at radius 1 is 1.08 bits per heavy atom. The van der Waals surface area contributed by atoms with Crippen LogP contribution in [0.5, 0.6) is 5.75 Å². The summed E-state index contributed by atoms with van der Waals surface area (Å²) in [5.41, 5.74) is -0.616. The molecule has 2 rings (SSSR count). The van der Waals surface area contributed by atoms with Crippen LogP contribution in [0.15, 0.2) is 30.4 Å². The molecule has 0 aromatic heterocycles. The van der Waals surface area contributed by atoms with Gasteiger partial charge in [0.25, 0.3) is 0 Å². The third-order valence-corrected chi connectivity index (χ3v) is 6.82. The third-order valence-electron chi connectivity index (χ3n) is 6.52. The summed E-state index contributed by atoms with van der Waals surface area (Å²) < 4.78 is 10.6. The van der Waals surface area contributed by atoms with Gasteiger partial charge in [0, 0.05) is 18.9 Å². The second-order valence-electron chi connectivity index (χ2n) is 11.3. The fourth-order valence-corrected chi connectivity index (χ4v) is 4.14. The molecule has 10 heteroatoms. The lowest BCUT2D eigenvalue weighted by atomic mass is 9.82. The van der Waals surface area contributed by atoms with E-state index in [0.717, 1.165) is 5.56 Å². The predicted octanol–water partition coefficient (Wildman–Crippen LogP) is 3.33. The molecular weight excluding hydrogens is 510 g/mol. The number of halogens is 1. The van der Waals surface area contributed by atoms with Crippen LogP contribution < -0.4 is 20.7 Å². The second kappa shape index (κ2) is 13.1. The fraction of sp³-hybridized carbons (Fsp3) is 0.571. The van der Waals surface area contributed by atoms with E-state index in [-0.39, 0.29) is 18.4 Å². The molecular formula is C28H40ClN3O6. The number of cyclic esters (lactones) is 1. The quantitative estimate of drug-likeness (QED) is 0.495. The van der Waals surface area contributed by atoms with Gasteiger partial charge >= 0.3 is 5.97 Å². The number of methoxy groups -OCH3 is 1. The molecule has 0 aliphatic carbocycles. The van der Waals surface area contributed by atoms with E-state index in [9.17, 15) is 19.2 Å². The number of hydrogen-bond acceptors (Lipinski definition) is 6. The van der Waals surface area contributed by atoms with Gasteiger partial charge in [-0.2, -0.15) is 0 Å². The van der Waals surface area contributed by atoms with Gasteiger partial charge in [-0.05, 0) is 56.4 Å². The van der Waals surface area contributed by atoms with Crippen molar-refractivity contribution in [2.24, 2.45) is 10.8 Å². The molecule has 3 atom stereocenters. The number of carbonyl (C=O) groups is 4. The van der Waals surface area contributed by atoms with Gasteiger partial charge in [0.15, 0.2) is 0 Å². The lowest BCUT2D eigenvalue weighted by molar-refractivity contribution is -0.150. The van der Waals surface area contributed by atoms with E-state index >= 15 is 0 Å². The summed E-state index contributed by atoms with van der Waals surface area (Å²) in [6, 6.07) is 2.72. The van der Waals surface area contributed by atoms with Crippen molar-refractivity contribution in [3.05, 3.63) is 40.9 Å². The monoisotopic (exact) mass is 549 g/mol. The summed E-state index contributed by atoms with van der Waals surface area (Å²) in [6.07, 6.45) is 3.71. The standard InChI is InChI=1S/C28H40ClN3O6/c1-17-28(5,6)26(36)32-21(16-27(2,3)4)25(35)38-13-9-8-10-23(33)31-20(24(34)30-17)15-18-11-12-22(37-7)19(29)14-18/h8,10-12,14,17,20-21H,9,13,15-16H2,1-7H3,(H,30,34)(H,31,33)(H,32,36)/b10-8-. The Morgan fingerprint density at radius 3 is 2.37 bits per heavy atom. The molecule has 1 aromatic rings. The molecule has 3 unspecified atom stereocenters. The number of benzene rings is 1. The first-order valence-electron chi connectivity index (χ1n) is 12.7. The van der Waals surface area contributed by atoms with Crippen LogP contribution in [0.25, 0.3) is 0 Å². The normalized spacial score (nSPS) is 24.5. The number of ether oxygens (including phenoxy) is 2. The van der Waals surface area contributed by atoms with Crippen molar-refractivity contribution in [2.45, 2.75) is 78.9 Å². The number of hydrogen-bond donors (Lipinski definition) is 3. The Kier molecular flexibility index (Phi) is 10.8. The molecule has 210 valence electrons. The summed E-state index contributed by atoms with van der Waals surface area (Å²) in [6.45, 7) is 11.0. The Hall–Kier alpha value is -3.07. The average molecular weight is 550 g/mol. The maximum atomic E-state index is 13.4. The highest BCUT2D eigenvalue weighted by Crippen LogP contribution is 2.27. The van der Waals surface area contributed by atoms with Crippen LogP contribution in [0.1, 0.15) is 59.9 Å². The zero-order chi connectivity index (χ0) is 28.7. The number of carbonyl (C=O) groups excluding carboxylic acids is 4. The van der Waals surface area contributed by atoms with Crippen LogP contribution in [-0.4, -0.2) is 55.5 Å². The number of amides is 3. The molecule has 1 heterocycles. The summed E-state index contributed by atoms with van der Waals surface area (Å²) in [7, 11) is 1.51. The van der Waals surface area contributed by atoms with Crippen LogP contribution in [0.2, 0.25) is 5.02 Å². The smallest absolute Gasteiger partial charge is 0.328 e. The van der Waals surface area contributed by atoms with Gasteiger partial charge in [0.05, 0.1) is 24.2 Å².